The average molecular weight is 331 g/mol. The molecule has 3 atom stereocenters. The first kappa shape index (κ1) is 15.4. The molecule has 3 aliphatic rings. The van der Waals surface area contributed by atoms with Crippen molar-refractivity contribution in [2.75, 3.05) is 11.4 Å². The molecule has 1 saturated heterocycles. The first-order valence-electron chi connectivity index (χ1n) is 8.75. The van der Waals surface area contributed by atoms with E-state index in [4.69, 9.17) is 0 Å². The number of rotatable bonds is 3. The highest BCUT2D eigenvalue weighted by atomic mass is 19.1. The van der Waals surface area contributed by atoms with Crippen molar-refractivity contribution in [2.24, 2.45) is 11.8 Å². The van der Waals surface area contributed by atoms with Crippen molar-refractivity contribution < 1.29 is 14.0 Å². The van der Waals surface area contributed by atoms with Crippen molar-refractivity contribution in [1.82, 2.24) is 10.6 Å². The summed E-state index contributed by atoms with van der Waals surface area (Å²) in [5.74, 6) is 0.934. The van der Waals surface area contributed by atoms with Gasteiger partial charge in [0.05, 0.1) is 5.69 Å². The van der Waals surface area contributed by atoms with Crippen molar-refractivity contribution in [1.29, 1.82) is 0 Å². The van der Waals surface area contributed by atoms with Crippen molar-refractivity contribution in [2.45, 2.75) is 44.2 Å². The molecule has 1 aromatic carbocycles. The number of hydrogen-bond acceptors (Lipinski definition) is 2. The van der Waals surface area contributed by atoms with Crippen LogP contribution in [-0.2, 0) is 4.79 Å². The van der Waals surface area contributed by atoms with Gasteiger partial charge in [-0.15, -0.1) is 0 Å². The van der Waals surface area contributed by atoms with E-state index in [-0.39, 0.29) is 23.7 Å². The molecule has 3 unspecified atom stereocenters. The van der Waals surface area contributed by atoms with Gasteiger partial charge in [0.25, 0.3) is 0 Å². The number of halogens is 1. The van der Waals surface area contributed by atoms with Gasteiger partial charge in [-0.1, -0.05) is 12.1 Å². The highest BCUT2D eigenvalue weighted by molar-refractivity contribution is 5.99. The van der Waals surface area contributed by atoms with Gasteiger partial charge in [0.2, 0.25) is 5.91 Å². The smallest absolute Gasteiger partial charge is 0.315 e. The topological polar surface area (TPSA) is 61.4 Å². The molecule has 128 valence electrons. The Balaban J connectivity index is 1.37. The standard InChI is InChI=1S/C18H22FN3O2/c19-14-4-1-2-6-16(14)22-7-3-5-15(17(22)23)21-18(24)20-13-9-11-8-12(11)10-13/h1-2,4,6,11-13,15H,3,5,7-10H2,(H2,20,21,24). The SMILES string of the molecule is O=C(NC1CC2CC2C1)NC1CCCN(c2ccccc2F)C1=O. The fourth-order valence-corrected chi connectivity index (χ4v) is 4.14. The largest absolute Gasteiger partial charge is 0.335 e. The number of amides is 3. The molecule has 2 saturated carbocycles. The highest BCUT2D eigenvalue weighted by Gasteiger charge is 2.46. The molecule has 0 aromatic heterocycles. The van der Waals surface area contributed by atoms with E-state index in [0.29, 0.717) is 13.0 Å². The molecule has 1 heterocycles. The highest BCUT2D eigenvalue weighted by Crippen LogP contribution is 2.51. The minimum absolute atomic E-state index is 0.232. The van der Waals surface area contributed by atoms with Gasteiger partial charge in [-0.05, 0) is 56.1 Å². The van der Waals surface area contributed by atoms with Crippen LogP contribution in [0.5, 0.6) is 0 Å². The molecular weight excluding hydrogens is 309 g/mol. The van der Waals surface area contributed by atoms with Gasteiger partial charge in [0, 0.05) is 12.6 Å². The van der Waals surface area contributed by atoms with E-state index >= 15 is 0 Å². The number of benzene rings is 1. The summed E-state index contributed by atoms with van der Waals surface area (Å²) in [6.45, 7) is 0.478. The lowest BCUT2D eigenvalue weighted by atomic mass is 10.0. The third-order valence-electron chi connectivity index (χ3n) is 5.47. The van der Waals surface area contributed by atoms with Crippen LogP contribution in [0, 0.1) is 17.7 Å². The second-order valence-corrected chi connectivity index (χ2v) is 7.18. The zero-order chi connectivity index (χ0) is 16.7. The molecule has 1 aliphatic heterocycles. The zero-order valence-corrected chi connectivity index (χ0v) is 13.5. The number of carbonyl (C=O) groups is 2. The van der Waals surface area contributed by atoms with Crippen LogP contribution in [0.4, 0.5) is 14.9 Å². The Morgan fingerprint density at radius 2 is 1.88 bits per heavy atom. The Morgan fingerprint density at radius 3 is 2.62 bits per heavy atom. The molecule has 2 N–H and O–H groups in total. The zero-order valence-electron chi connectivity index (χ0n) is 13.5. The Morgan fingerprint density at radius 1 is 1.12 bits per heavy atom. The minimum atomic E-state index is -0.589. The van der Waals surface area contributed by atoms with Crippen molar-refractivity contribution in [3.63, 3.8) is 0 Å². The van der Waals surface area contributed by atoms with E-state index < -0.39 is 11.9 Å². The maximum absolute atomic E-state index is 14.0. The Bertz CT molecular complexity index is 655. The molecule has 24 heavy (non-hydrogen) atoms. The summed E-state index contributed by atoms with van der Waals surface area (Å²) in [5, 5.41) is 5.76. The van der Waals surface area contributed by atoms with Crippen molar-refractivity contribution >= 4 is 17.6 Å². The molecule has 6 heteroatoms. The van der Waals surface area contributed by atoms with E-state index in [1.165, 1.54) is 17.4 Å². The van der Waals surface area contributed by atoms with E-state index in [2.05, 4.69) is 10.6 Å². The van der Waals surface area contributed by atoms with E-state index in [1.54, 1.807) is 18.2 Å². The summed E-state index contributed by atoms with van der Waals surface area (Å²) in [6, 6.07) is 5.61. The molecule has 5 nitrogen and oxygen atoms in total. The average Bonchev–Trinajstić information content (AvgIpc) is 3.17. The van der Waals surface area contributed by atoms with Gasteiger partial charge in [-0.25, -0.2) is 9.18 Å². The molecule has 4 rings (SSSR count). The van der Waals surface area contributed by atoms with Crippen molar-refractivity contribution in [3.05, 3.63) is 30.1 Å². The van der Waals surface area contributed by atoms with Crippen LogP contribution in [0.1, 0.15) is 32.1 Å². The second kappa shape index (κ2) is 6.07. The Kier molecular flexibility index (Phi) is 3.90. The number of urea groups is 1. The van der Waals surface area contributed by atoms with Crippen LogP contribution in [0.2, 0.25) is 0 Å². The fraction of sp³-hybridized carbons (Fsp3) is 0.556. The number of hydrogen-bond donors (Lipinski definition) is 2. The third kappa shape index (κ3) is 2.97. The third-order valence-corrected chi connectivity index (χ3v) is 5.47. The molecule has 0 radical (unpaired) electrons. The summed E-state index contributed by atoms with van der Waals surface area (Å²) in [4.78, 5) is 26.2. The van der Waals surface area contributed by atoms with Crippen LogP contribution >= 0.6 is 0 Å². The number of piperidine rings is 1. The fourth-order valence-electron chi connectivity index (χ4n) is 4.14. The van der Waals surface area contributed by atoms with Crippen LogP contribution < -0.4 is 15.5 Å². The van der Waals surface area contributed by atoms with E-state index in [1.807, 2.05) is 0 Å². The van der Waals surface area contributed by atoms with Gasteiger partial charge in [0.1, 0.15) is 11.9 Å². The summed E-state index contributed by atoms with van der Waals surface area (Å²) in [6.07, 6.45) is 4.74. The van der Waals surface area contributed by atoms with Gasteiger partial charge in [-0.3, -0.25) is 4.79 Å². The van der Waals surface area contributed by atoms with Crippen molar-refractivity contribution in [3.8, 4) is 0 Å². The number of nitrogens with one attached hydrogen (secondary N) is 2. The Hall–Kier alpha value is -2.11. The normalized spacial score (nSPS) is 31.5. The van der Waals surface area contributed by atoms with Gasteiger partial charge < -0.3 is 15.5 Å². The summed E-state index contributed by atoms with van der Waals surface area (Å²) >= 11 is 0. The quantitative estimate of drug-likeness (QED) is 0.893. The number of nitrogens with zero attached hydrogens (tertiary/aromatic N) is 1. The molecular formula is C18H22FN3O2. The maximum atomic E-state index is 14.0. The molecule has 0 spiro atoms. The first-order valence-corrected chi connectivity index (χ1v) is 8.75. The van der Waals surface area contributed by atoms with Crippen LogP contribution in [0.25, 0.3) is 0 Å². The molecule has 3 amide bonds. The molecule has 3 fully saturated rings. The summed E-state index contributed by atoms with van der Waals surface area (Å²) < 4.78 is 14.0. The summed E-state index contributed by atoms with van der Waals surface area (Å²) in [7, 11) is 0. The lowest BCUT2D eigenvalue weighted by Gasteiger charge is -2.33. The lowest BCUT2D eigenvalue weighted by Crippen LogP contribution is -2.55. The van der Waals surface area contributed by atoms with E-state index in [9.17, 15) is 14.0 Å². The van der Waals surface area contributed by atoms with Gasteiger partial charge in [0.15, 0.2) is 0 Å². The lowest BCUT2D eigenvalue weighted by molar-refractivity contribution is -0.121. The minimum Gasteiger partial charge on any atom is -0.335 e. The number of fused-ring (bicyclic) bond motifs is 1. The van der Waals surface area contributed by atoms with Crippen LogP contribution in [0.15, 0.2) is 24.3 Å². The first-order chi connectivity index (χ1) is 11.6. The number of para-hydroxylation sites is 1. The molecule has 1 aromatic rings. The van der Waals surface area contributed by atoms with E-state index in [0.717, 1.165) is 31.1 Å². The maximum Gasteiger partial charge on any atom is 0.315 e. The predicted octanol–water partition coefficient (Wildman–Crippen LogP) is 2.42. The number of anilines is 1. The molecule has 0 bridgehead atoms. The van der Waals surface area contributed by atoms with Gasteiger partial charge in [-0.2, -0.15) is 0 Å². The predicted molar refractivity (Wildman–Crippen MR) is 88.1 cm³/mol. The molecule has 2 aliphatic carbocycles. The number of carbonyl (C=O) groups excluding carboxylic acids is 2. The van der Waals surface area contributed by atoms with Gasteiger partial charge >= 0.3 is 6.03 Å². The van der Waals surface area contributed by atoms with Crippen LogP contribution in [0.3, 0.4) is 0 Å². The second-order valence-electron chi connectivity index (χ2n) is 7.18. The Labute approximate surface area is 140 Å². The summed E-state index contributed by atoms with van der Waals surface area (Å²) in [5.41, 5.74) is 0.283. The monoisotopic (exact) mass is 331 g/mol. The van der Waals surface area contributed by atoms with Crippen LogP contribution in [-0.4, -0.2) is 30.6 Å².